The number of phenolic OH excluding ortho intramolecular Hbond substituents is 2. The highest BCUT2D eigenvalue weighted by Gasteiger charge is 2.33. The highest BCUT2D eigenvalue weighted by atomic mass is 79.9. The number of halogens is 1. The van der Waals surface area contributed by atoms with E-state index in [1.807, 2.05) is 0 Å². The van der Waals surface area contributed by atoms with Crippen molar-refractivity contribution in [1.82, 2.24) is 0 Å². The summed E-state index contributed by atoms with van der Waals surface area (Å²) in [5.41, 5.74) is 5.94. The molecule has 2 nitrogen and oxygen atoms in total. The third-order valence-electron chi connectivity index (χ3n) is 6.14. The van der Waals surface area contributed by atoms with Crippen molar-refractivity contribution in [3.8, 4) is 22.6 Å². The molecule has 2 N–H and O–H groups in total. The second-order valence-corrected chi connectivity index (χ2v) is 13.8. The Morgan fingerprint density at radius 1 is 0.625 bits per heavy atom. The van der Waals surface area contributed by atoms with E-state index in [0.717, 1.165) is 33.4 Å². The summed E-state index contributed by atoms with van der Waals surface area (Å²) in [6.07, 6.45) is 0. The Labute approximate surface area is 204 Å². The Hall–Kier alpha value is -1.48. The number of hydrogen-bond donors (Lipinski definition) is 2. The highest BCUT2D eigenvalue weighted by Crippen LogP contribution is 2.51. The van der Waals surface area contributed by atoms with E-state index in [1.54, 1.807) is 0 Å². The van der Waals surface area contributed by atoms with Gasteiger partial charge in [-0.2, -0.15) is 0 Å². The normalized spacial score (nSPS) is 13.5. The van der Waals surface area contributed by atoms with E-state index in [1.165, 1.54) is 5.56 Å². The molecule has 32 heavy (non-hydrogen) atoms. The second-order valence-electron chi connectivity index (χ2n) is 13.2. The molecule has 0 heterocycles. The molecule has 0 aliphatic rings. The van der Waals surface area contributed by atoms with Gasteiger partial charge in [0.15, 0.2) is 0 Å². The summed E-state index contributed by atoms with van der Waals surface area (Å²) in [6.45, 7) is 25.8. The van der Waals surface area contributed by atoms with Crippen LogP contribution in [0.1, 0.15) is 111 Å². The van der Waals surface area contributed by atoms with Gasteiger partial charge in [-0.15, -0.1) is 0 Å². The van der Waals surface area contributed by atoms with Crippen LogP contribution in [0.3, 0.4) is 0 Å². The fraction of sp³-hybridized carbons (Fsp3) is 0.586. The van der Waals surface area contributed by atoms with Crippen LogP contribution in [0.15, 0.2) is 18.2 Å². The minimum Gasteiger partial charge on any atom is -0.507 e. The maximum absolute atomic E-state index is 11.6. The van der Waals surface area contributed by atoms with Crippen LogP contribution in [-0.4, -0.2) is 10.2 Å². The molecule has 0 fully saturated rings. The summed E-state index contributed by atoms with van der Waals surface area (Å²) >= 11 is 3.71. The molecule has 0 amide bonds. The number of benzene rings is 2. The molecule has 0 spiro atoms. The van der Waals surface area contributed by atoms with Gasteiger partial charge in [0.1, 0.15) is 11.5 Å². The first-order valence-corrected chi connectivity index (χ1v) is 12.7. The van der Waals surface area contributed by atoms with Gasteiger partial charge in [0, 0.05) is 22.0 Å². The van der Waals surface area contributed by atoms with Crippen LogP contribution in [-0.2, 0) is 27.0 Å². The summed E-state index contributed by atoms with van der Waals surface area (Å²) in [4.78, 5) is 0. The quantitative estimate of drug-likeness (QED) is 0.402. The van der Waals surface area contributed by atoms with Crippen LogP contribution < -0.4 is 0 Å². The van der Waals surface area contributed by atoms with Crippen molar-refractivity contribution in [1.29, 1.82) is 0 Å². The zero-order valence-electron chi connectivity index (χ0n) is 22.2. The average Bonchev–Trinajstić information content (AvgIpc) is 2.57. The number of hydrogen-bond acceptors (Lipinski definition) is 2. The van der Waals surface area contributed by atoms with Crippen LogP contribution in [0.2, 0.25) is 0 Å². The van der Waals surface area contributed by atoms with Gasteiger partial charge in [0.2, 0.25) is 0 Å². The molecule has 0 aromatic heterocycles. The number of phenols is 2. The summed E-state index contributed by atoms with van der Waals surface area (Å²) in [5.74, 6) is 0.642. The van der Waals surface area contributed by atoms with Crippen molar-refractivity contribution < 1.29 is 10.2 Å². The van der Waals surface area contributed by atoms with E-state index < -0.39 is 0 Å². The second kappa shape index (κ2) is 8.38. The maximum atomic E-state index is 11.6. The van der Waals surface area contributed by atoms with Crippen LogP contribution in [0.25, 0.3) is 11.1 Å². The number of alkyl halides is 1. The van der Waals surface area contributed by atoms with E-state index in [9.17, 15) is 10.2 Å². The average molecular weight is 504 g/mol. The Kier molecular flexibility index (Phi) is 7.01. The predicted octanol–water partition coefficient (Wildman–Crippen LogP) is 8.85. The maximum Gasteiger partial charge on any atom is 0.127 e. The highest BCUT2D eigenvalue weighted by molar-refractivity contribution is 9.08. The topological polar surface area (TPSA) is 40.5 Å². The summed E-state index contributed by atoms with van der Waals surface area (Å²) < 4.78 is 0. The Balaban J connectivity index is 3.18. The molecule has 2 aromatic carbocycles. The predicted molar refractivity (Wildman–Crippen MR) is 143 cm³/mol. The first kappa shape index (κ1) is 26.8. The van der Waals surface area contributed by atoms with Crippen molar-refractivity contribution in [2.24, 2.45) is 0 Å². The van der Waals surface area contributed by atoms with Crippen molar-refractivity contribution in [2.75, 3.05) is 0 Å². The molecule has 0 atom stereocenters. The standard InChI is InChI=1S/C29H43BrO2/c1-26(2,3)18-14-19(24(31)21(15-18)28(7,8)9)22-17(16-30)13-20(27(4,5)6)25(32)23(22)29(10,11)12/h13-15,31-32H,16H2,1-12H3. The minimum absolute atomic E-state index is 0.0771. The van der Waals surface area contributed by atoms with E-state index in [0.29, 0.717) is 16.8 Å². The summed E-state index contributed by atoms with van der Waals surface area (Å²) in [7, 11) is 0. The minimum atomic E-state index is -0.316. The molecule has 2 aromatic rings. The third-order valence-corrected chi connectivity index (χ3v) is 6.74. The Morgan fingerprint density at radius 2 is 1.09 bits per heavy atom. The Morgan fingerprint density at radius 3 is 1.47 bits per heavy atom. The van der Waals surface area contributed by atoms with E-state index in [2.05, 4.69) is 117 Å². The summed E-state index contributed by atoms with van der Waals surface area (Å²) in [5, 5.41) is 23.8. The van der Waals surface area contributed by atoms with Crippen molar-refractivity contribution in [2.45, 2.75) is 110 Å². The first-order chi connectivity index (χ1) is 14.2. The van der Waals surface area contributed by atoms with Crippen molar-refractivity contribution in [3.05, 3.63) is 46.0 Å². The Bertz CT molecular complexity index is 1000. The van der Waals surface area contributed by atoms with Crippen molar-refractivity contribution >= 4 is 15.9 Å². The molecular weight excluding hydrogens is 460 g/mol. The lowest BCUT2D eigenvalue weighted by molar-refractivity contribution is 0.423. The molecule has 0 bridgehead atoms. The smallest absolute Gasteiger partial charge is 0.127 e. The molecule has 0 unspecified atom stereocenters. The van der Waals surface area contributed by atoms with Gasteiger partial charge in [-0.3, -0.25) is 0 Å². The summed E-state index contributed by atoms with van der Waals surface area (Å²) in [6, 6.07) is 6.37. The lowest BCUT2D eigenvalue weighted by Gasteiger charge is -2.33. The third kappa shape index (κ3) is 5.19. The van der Waals surface area contributed by atoms with Gasteiger partial charge in [0.25, 0.3) is 0 Å². The fourth-order valence-electron chi connectivity index (χ4n) is 4.27. The monoisotopic (exact) mass is 502 g/mol. The molecule has 0 saturated carbocycles. The zero-order valence-corrected chi connectivity index (χ0v) is 23.8. The van der Waals surface area contributed by atoms with Gasteiger partial charge < -0.3 is 10.2 Å². The van der Waals surface area contributed by atoms with Crippen molar-refractivity contribution in [3.63, 3.8) is 0 Å². The molecular formula is C29H43BrO2. The van der Waals surface area contributed by atoms with Gasteiger partial charge in [0.05, 0.1) is 0 Å². The molecule has 0 aliphatic heterocycles. The van der Waals surface area contributed by atoms with Crippen LogP contribution >= 0.6 is 15.9 Å². The van der Waals surface area contributed by atoms with Gasteiger partial charge in [-0.25, -0.2) is 0 Å². The van der Waals surface area contributed by atoms with Crippen LogP contribution in [0.5, 0.6) is 11.5 Å². The first-order valence-electron chi connectivity index (χ1n) is 11.6. The van der Waals surface area contributed by atoms with E-state index in [-0.39, 0.29) is 21.7 Å². The lowest BCUT2D eigenvalue weighted by atomic mass is 9.72. The SMILES string of the molecule is CC(C)(C)c1cc(-c2c(CBr)cc(C(C)(C)C)c(O)c2C(C)(C)C)c(O)c(C(C)(C)C)c1. The fourth-order valence-corrected chi connectivity index (χ4v) is 4.72. The molecule has 3 heteroatoms. The molecule has 0 saturated heterocycles. The van der Waals surface area contributed by atoms with E-state index in [4.69, 9.17) is 0 Å². The molecule has 0 aliphatic carbocycles. The van der Waals surface area contributed by atoms with Gasteiger partial charge in [-0.1, -0.05) is 111 Å². The van der Waals surface area contributed by atoms with Crippen LogP contribution in [0.4, 0.5) is 0 Å². The van der Waals surface area contributed by atoms with E-state index >= 15 is 0 Å². The molecule has 178 valence electrons. The lowest BCUT2D eigenvalue weighted by Crippen LogP contribution is -2.20. The number of aromatic hydroxyl groups is 2. The van der Waals surface area contributed by atoms with Crippen LogP contribution in [0, 0.1) is 0 Å². The number of rotatable bonds is 2. The molecule has 0 radical (unpaired) electrons. The van der Waals surface area contributed by atoms with Gasteiger partial charge in [-0.05, 0) is 50.0 Å². The van der Waals surface area contributed by atoms with Gasteiger partial charge >= 0.3 is 0 Å². The molecule has 2 rings (SSSR count). The largest absolute Gasteiger partial charge is 0.507 e. The zero-order chi connectivity index (χ0) is 25.0.